The van der Waals surface area contributed by atoms with Crippen LogP contribution in [0.4, 0.5) is 0 Å². The average Bonchev–Trinajstić information content (AvgIpc) is 2.77. The van der Waals surface area contributed by atoms with E-state index in [1.807, 2.05) is 6.92 Å². The molecule has 1 rings (SSSR count). The van der Waals surface area contributed by atoms with Crippen LogP contribution in [0, 0.1) is 5.92 Å². The summed E-state index contributed by atoms with van der Waals surface area (Å²) < 4.78 is 4.72. The monoisotopic (exact) mass is 242 g/mol. The van der Waals surface area contributed by atoms with E-state index in [9.17, 15) is 4.79 Å². The molecule has 1 fully saturated rings. The molecular weight excluding hydrogens is 216 g/mol. The van der Waals surface area contributed by atoms with E-state index in [4.69, 9.17) is 4.74 Å². The van der Waals surface area contributed by atoms with Gasteiger partial charge in [-0.2, -0.15) is 0 Å². The average molecular weight is 242 g/mol. The number of rotatable bonds is 6. The molecule has 1 atom stereocenters. The first-order valence-electron chi connectivity index (χ1n) is 6.48. The third-order valence-corrected chi connectivity index (χ3v) is 3.99. The van der Waals surface area contributed by atoms with Crippen molar-refractivity contribution in [2.75, 3.05) is 34.3 Å². The summed E-state index contributed by atoms with van der Waals surface area (Å²) in [6.45, 7) is 3.55. The number of hydrogen-bond donors (Lipinski definition) is 1. The van der Waals surface area contributed by atoms with Gasteiger partial charge in [-0.05, 0) is 26.9 Å². The summed E-state index contributed by atoms with van der Waals surface area (Å²) in [7, 11) is 5.74. The van der Waals surface area contributed by atoms with Crippen LogP contribution in [0.2, 0.25) is 0 Å². The van der Waals surface area contributed by atoms with Gasteiger partial charge in [0.1, 0.15) is 0 Å². The van der Waals surface area contributed by atoms with E-state index < -0.39 is 0 Å². The van der Waals surface area contributed by atoms with Crippen molar-refractivity contribution in [1.29, 1.82) is 0 Å². The number of carbonyl (C=O) groups is 1. The fourth-order valence-corrected chi connectivity index (χ4v) is 2.62. The Balaban J connectivity index is 2.36. The Hall–Kier alpha value is -0.610. The molecule has 0 aromatic heterocycles. The van der Waals surface area contributed by atoms with Crippen LogP contribution < -0.4 is 5.32 Å². The second kappa shape index (κ2) is 6.36. The van der Waals surface area contributed by atoms with E-state index in [2.05, 4.69) is 24.3 Å². The molecule has 0 spiro atoms. The van der Waals surface area contributed by atoms with Gasteiger partial charge in [0.25, 0.3) is 0 Å². The van der Waals surface area contributed by atoms with Crippen molar-refractivity contribution < 1.29 is 9.53 Å². The van der Waals surface area contributed by atoms with E-state index in [-0.39, 0.29) is 17.4 Å². The lowest BCUT2D eigenvalue weighted by Gasteiger charge is -2.36. The Morgan fingerprint density at radius 3 is 2.47 bits per heavy atom. The minimum Gasteiger partial charge on any atom is -0.469 e. The van der Waals surface area contributed by atoms with Crippen molar-refractivity contribution in [2.24, 2.45) is 5.92 Å². The Labute approximate surface area is 105 Å². The molecule has 0 aromatic rings. The second-order valence-electron chi connectivity index (χ2n) is 5.38. The van der Waals surface area contributed by atoms with E-state index in [1.54, 1.807) is 0 Å². The first kappa shape index (κ1) is 14.5. The van der Waals surface area contributed by atoms with E-state index in [0.717, 1.165) is 6.54 Å². The highest BCUT2D eigenvalue weighted by Crippen LogP contribution is 2.33. The molecule has 0 aromatic carbocycles. The predicted octanol–water partition coefficient (Wildman–Crippen LogP) is 1.26. The molecule has 17 heavy (non-hydrogen) atoms. The zero-order valence-electron chi connectivity index (χ0n) is 11.6. The molecule has 1 unspecified atom stereocenters. The smallest absolute Gasteiger partial charge is 0.309 e. The van der Waals surface area contributed by atoms with Crippen LogP contribution in [0.25, 0.3) is 0 Å². The van der Waals surface area contributed by atoms with Crippen LogP contribution in [-0.2, 0) is 9.53 Å². The summed E-state index contributed by atoms with van der Waals surface area (Å²) in [5.41, 5.74) is 0.288. The van der Waals surface area contributed by atoms with Crippen molar-refractivity contribution in [3.8, 4) is 0 Å². The molecular formula is C13H26N2O2. The van der Waals surface area contributed by atoms with Crippen molar-refractivity contribution in [3.63, 3.8) is 0 Å². The number of esters is 1. The quantitative estimate of drug-likeness (QED) is 0.712. The van der Waals surface area contributed by atoms with E-state index in [1.165, 1.54) is 32.8 Å². The third-order valence-electron chi connectivity index (χ3n) is 3.99. The minimum absolute atomic E-state index is 0.0689. The van der Waals surface area contributed by atoms with Gasteiger partial charge in [0.15, 0.2) is 0 Å². The van der Waals surface area contributed by atoms with Gasteiger partial charge in [0, 0.05) is 18.6 Å². The van der Waals surface area contributed by atoms with Crippen LogP contribution in [0.15, 0.2) is 0 Å². The minimum atomic E-state index is -0.136. The molecule has 0 saturated heterocycles. The van der Waals surface area contributed by atoms with Crippen molar-refractivity contribution in [3.05, 3.63) is 0 Å². The Kier molecular flexibility index (Phi) is 5.40. The molecule has 100 valence electrons. The Morgan fingerprint density at radius 1 is 1.41 bits per heavy atom. The van der Waals surface area contributed by atoms with Crippen LogP contribution in [0.1, 0.15) is 32.6 Å². The molecule has 1 saturated carbocycles. The lowest BCUT2D eigenvalue weighted by molar-refractivity contribution is -0.144. The zero-order valence-corrected chi connectivity index (χ0v) is 11.6. The largest absolute Gasteiger partial charge is 0.469 e. The van der Waals surface area contributed by atoms with Crippen LogP contribution in [-0.4, -0.2) is 50.7 Å². The van der Waals surface area contributed by atoms with Gasteiger partial charge in [0.05, 0.1) is 13.0 Å². The Bertz CT molecular complexity index is 248. The predicted molar refractivity (Wildman–Crippen MR) is 68.9 cm³/mol. The normalized spacial score (nSPS) is 20.5. The summed E-state index contributed by atoms with van der Waals surface area (Å²) >= 11 is 0. The number of nitrogens with one attached hydrogen (secondary N) is 1. The molecule has 0 aliphatic heterocycles. The maximum Gasteiger partial charge on any atom is 0.309 e. The van der Waals surface area contributed by atoms with E-state index in [0.29, 0.717) is 6.54 Å². The standard InChI is InChI=1S/C13H26N2O2/c1-11(12(16)17-4)9-14-10-13(15(2)3)7-5-6-8-13/h11,14H,5-10H2,1-4H3. The molecule has 4 heteroatoms. The van der Waals surface area contributed by atoms with Gasteiger partial charge in [-0.15, -0.1) is 0 Å². The number of nitrogens with zero attached hydrogens (tertiary/aromatic N) is 1. The number of carbonyl (C=O) groups excluding carboxylic acids is 1. The van der Waals surface area contributed by atoms with Crippen LogP contribution in [0.3, 0.4) is 0 Å². The Morgan fingerprint density at radius 2 is 2.00 bits per heavy atom. The fraction of sp³-hybridized carbons (Fsp3) is 0.923. The summed E-state index contributed by atoms with van der Waals surface area (Å²) in [4.78, 5) is 13.6. The molecule has 1 N–H and O–H groups in total. The van der Waals surface area contributed by atoms with Crippen molar-refractivity contribution in [1.82, 2.24) is 10.2 Å². The molecule has 1 aliphatic carbocycles. The lowest BCUT2D eigenvalue weighted by atomic mass is 9.96. The summed E-state index contributed by atoms with van der Waals surface area (Å²) in [6.07, 6.45) is 5.12. The van der Waals surface area contributed by atoms with Gasteiger partial charge in [-0.3, -0.25) is 4.79 Å². The highest BCUT2D eigenvalue weighted by Gasteiger charge is 2.35. The van der Waals surface area contributed by atoms with Gasteiger partial charge >= 0.3 is 5.97 Å². The first-order chi connectivity index (χ1) is 8.02. The summed E-state index contributed by atoms with van der Waals surface area (Å²) in [6, 6.07) is 0. The zero-order chi connectivity index (χ0) is 12.9. The lowest BCUT2D eigenvalue weighted by Crippen LogP contribution is -2.50. The van der Waals surface area contributed by atoms with Gasteiger partial charge < -0.3 is 15.0 Å². The second-order valence-corrected chi connectivity index (χ2v) is 5.38. The number of methoxy groups -OCH3 is 1. The van der Waals surface area contributed by atoms with Crippen molar-refractivity contribution in [2.45, 2.75) is 38.1 Å². The number of hydrogen-bond acceptors (Lipinski definition) is 4. The van der Waals surface area contributed by atoms with Crippen LogP contribution >= 0.6 is 0 Å². The molecule has 0 heterocycles. The molecule has 1 aliphatic rings. The SMILES string of the molecule is COC(=O)C(C)CNCC1(N(C)C)CCCC1. The maximum absolute atomic E-state index is 11.3. The van der Waals surface area contributed by atoms with Crippen molar-refractivity contribution >= 4 is 5.97 Å². The highest BCUT2D eigenvalue weighted by atomic mass is 16.5. The van der Waals surface area contributed by atoms with Crippen LogP contribution in [0.5, 0.6) is 0 Å². The summed E-state index contributed by atoms with van der Waals surface area (Å²) in [5, 5.41) is 3.42. The maximum atomic E-state index is 11.3. The van der Waals surface area contributed by atoms with Gasteiger partial charge in [-0.1, -0.05) is 19.8 Å². The summed E-state index contributed by atoms with van der Waals surface area (Å²) in [5.74, 6) is -0.205. The number of likely N-dealkylation sites (N-methyl/N-ethyl adjacent to an activating group) is 1. The molecule has 0 amide bonds. The molecule has 0 radical (unpaired) electrons. The van der Waals surface area contributed by atoms with E-state index >= 15 is 0 Å². The third kappa shape index (κ3) is 3.68. The van der Waals surface area contributed by atoms with Gasteiger partial charge in [0.2, 0.25) is 0 Å². The fourth-order valence-electron chi connectivity index (χ4n) is 2.62. The molecule has 0 bridgehead atoms. The first-order valence-corrected chi connectivity index (χ1v) is 6.48. The highest BCUT2D eigenvalue weighted by molar-refractivity contribution is 5.72. The number of ether oxygens (including phenoxy) is 1. The topological polar surface area (TPSA) is 41.6 Å². The molecule has 4 nitrogen and oxygen atoms in total. The van der Waals surface area contributed by atoms with Gasteiger partial charge in [-0.25, -0.2) is 0 Å².